The first kappa shape index (κ1) is 29.9. The van der Waals surface area contributed by atoms with Crippen LogP contribution < -0.4 is 32.4 Å². The van der Waals surface area contributed by atoms with Crippen LogP contribution in [0.3, 0.4) is 0 Å². The van der Waals surface area contributed by atoms with Crippen molar-refractivity contribution in [1.29, 1.82) is 0 Å². The monoisotopic (exact) mass is 572 g/mol. The zero-order chi connectivity index (χ0) is 30.6. The molecule has 218 valence electrons. The van der Waals surface area contributed by atoms with Crippen molar-refractivity contribution in [3.05, 3.63) is 74.1 Å². The van der Waals surface area contributed by atoms with E-state index in [2.05, 4.69) is 27.8 Å². The van der Waals surface area contributed by atoms with Gasteiger partial charge in [-0.3, -0.25) is 33.6 Å². The second-order valence-electron chi connectivity index (χ2n) is 8.90. The van der Waals surface area contributed by atoms with Crippen molar-refractivity contribution in [3.8, 4) is 0 Å². The number of rotatable bonds is 0. The second kappa shape index (κ2) is 12.1. The highest BCUT2D eigenvalue weighted by Gasteiger charge is 2.24. The lowest BCUT2D eigenvalue weighted by molar-refractivity contribution is -0.137. The van der Waals surface area contributed by atoms with Gasteiger partial charge in [-0.1, -0.05) is 6.58 Å². The normalized spacial score (nSPS) is 17.1. The molecule has 17 nitrogen and oxygen atoms in total. The zero-order valence-electron chi connectivity index (χ0n) is 22.3. The topological polar surface area (TPSA) is 224 Å². The number of amides is 5. The van der Waals surface area contributed by atoms with Crippen LogP contribution in [-0.2, 0) is 9.59 Å². The highest BCUT2D eigenvalue weighted by molar-refractivity contribution is 5.97. The molecule has 4 aliphatic heterocycles. The molecule has 0 aromatic carbocycles. The van der Waals surface area contributed by atoms with Crippen molar-refractivity contribution in [2.75, 3.05) is 20.0 Å². The van der Waals surface area contributed by atoms with Crippen LogP contribution in [0.25, 0.3) is 5.70 Å². The van der Waals surface area contributed by atoms with Crippen molar-refractivity contribution in [2.24, 2.45) is 0 Å². The molecule has 4 bridgehead atoms. The highest BCUT2D eigenvalue weighted by Crippen LogP contribution is 2.09. The van der Waals surface area contributed by atoms with Gasteiger partial charge in [-0.15, -0.1) is 9.46 Å². The number of hydrogen-bond donors (Lipinski definition) is 6. The minimum Gasteiger partial charge on any atom is -0.425 e. The maximum absolute atomic E-state index is 12.7. The molecule has 0 spiro atoms. The molecule has 1 unspecified atom stereocenters. The summed E-state index contributed by atoms with van der Waals surface area (Å²) < 4.78 is 0.112. The molecule has 6 heterocycles. The van der Waals surface area contributed by atoms with Crippen LogP contribution in [0.1, 0.15) is 57.7 Å². The summed E-state index contributed by atoms with van der Waals surface area (Å²) in [5, 5.41) is 30.4. The zero-order valence-corrected chi connectivity index (χ0v) is 22.3. The van der Waals surface area contributed by atoms with Gasteiger partial charge in [-0.05, 0) is 31.2 Å². The fraction of sp³-hybridized carbons (Fsp3) is 0.292. The molecule has 0 saturated carbocycles. The first-order valence-electron chi connectivity index (χ1n) is 12.0. The predicted molar refractivity (Wildman–Crippen MR) is 139 cm³/mol. The Morgan fingerprint density at radius 2 is 1.20 bits per heavy atom. The van der Waals surface area contributed by atoms with Gasteiger partial charge in [0.05, 0.1) is 31.9 Å². The Hall–Kier alpha value is -5.61. The van der Waals surface area contributed by atoms with E-state index in [-0.39, 0.29) is 34.2 Å². The molecule has 2 aromatic heterocycles. The van der Waals surface area contributed by atoms with Gasteiger partial charge in [0, 0.05) is 13.8 Å². The summed E-state index contributed by atoms with van der Waals surface area (Å²) in [4.78, 5) is 90.0. The lowest BCUT2D eigenvalue weighted by atomic mass is 10.2. The van der Waals surface area contributed by atoms with Gasteiger partial charge in [-0.25, -0.2) is 0 Å². The molecular weight excluding hydrogens is 544 g/mol. The average Bonchev–Trinajstić information content (AvgIpc) is 2.89. The first-order valence-corrected chi connectivity index (χ1v) is 12.0. The van der Waals surface area contributed by atoms with Gasteiger partial charge >= 0.3 is 0 Å². The maximum Gasteiger partial charge on any atom is 0.296 e. The average molecular weight is 573 g/mol. The van der Waals surface area contributed by atoms with Crippen molar-refractivity contribution in [3.63, 3.8) is 0 Å². The summed E-state index contributed by atoms with van der Waals surface area (Å²) in [7, 11) is 0. The number of carbonyl (C=O) groups excluding carboxylic acids is 5. The highest BCUT2D eigenvalue weighted by atomic mass is 16.5. The summed E-state index contributed by atoms with van der Waals surface area (Å²) in [6.07, 6.45) is -1.14. The number of carbonyl (C=O) groups is 5. The number of nitrogens with zero attached hydrogens (tertiary/aromatic N) is 4. The summed E-state index contributed by atoms with van der Waals surface area (Å²) in [6, 6.07) is 4.28. The Morgan fingerprint density at radius 3 is 1.68 bits per heavy atom. The van der Waals surface area contributed by atoms with E-state index in [0.29, 0.717) is 0 Å². The summed E-state index contributed by atoms with van der Waals surface area (Å²) in [5.74, 6) is -4.03. The number of hydrogen-bond acceptors (Lipinski definition) is 10. The molecule has 6 N–H and O–H groups in total. The summed E-state index contributed by atoms with van der Waals surface area (Å²) in [5.41, 5.74) is -4.17. The number of nitrogens with one attached hydrogen (secondary N) is 4. The summed E-state index contributed by atoms with van der Waals surface area (Å²) in [6.45, 7) is 6.42. The first-order chi connectivity index (χ1) is 19.2. The van der Waals surface area contributed by atoms with Crippen LogP contribution in [0.4, 0.5) is 0 Å². The SMILES string of the molecule is C=C1NCN(C(C)=O)CN(C(C)=O)CNC(=O)c2ccc(c(=O)n2O)C(=O)NC(C)NC(=O)c2ccc1n(O)c2=O. The third kappa shape index (κ3) is 6.52. The van der Waals surface area contributed by atoms with Gasteiger partial charge in [0.25, 0.3) is 28.8 Å². The van der Waals surface area contributed by atoms with E-state index in [0.717, 1.165) is 28.0 Å². The minimum atomic E-state index is -1.26. The molecule has 1 atom stereocenters. The molecule has 0 aliphatic carbocycles. The van der Waals surface area contributed by atoms with Crippen LogP contribution in [0, 0.1) is 0 Å². The van der Waals surface area contributed by atoms with E-state index >= 15 is 0 Å². The standard InChI is InChI=1S/C24H28N8O9/c1-12-18-7-5-16(23(38)31(18)40)20(35)27-13(2)28-21(36)17-6-8-19(32(41)24(17)39)22(37)26-10-30(15(4)34)11-29(9-25-12)14(3)33/h5-8,13,25,40-41H,1,9-11H2,2-4H3,(H,26,37)(H,27,35)(H,28,36). The largest absolute Gasteiger partial charge is 0.425 e. The van der Waals surface area contributed by atoms with Crippen molar-refractivity contribution in [1.82, 2.24) is 40.5 Å². The van der Waals surface area contributed by atoms with E-state index in [1.165, 1.54) is 26.8 Å². The Bertz CT molecular complexity index is 1450. The third-order valence-electron chi connectivity index (χ3n) is 5.99. The van der Waals surface area contributed by atoms with Crippen LogP contribution in [0.5, 0.6) is 0 Å². The van der Waals surface area contributed by atoms with E-state index < -0.39 is 70.3 Å². The molecule has 5 amide bonds. The molecule has 2 aromatic rings. The molecule has 0 radical (unpaired) electrons. The van der Waals surface area contributed by atoms with E-state index in [1.54, 1.807) is 0 Å². The Kier molecular flexibility index (Phi) is 8.80. The van der Waals surface area contributed by atoms with Crippen molar-refractivity contribution in [2.45, 2.75) is 26.9 Å². The molecular formula is C24H28N8O9. The van der Waals surface area contributed by atoms with Gasteiger partial charge in [0.15, 0.2) is 0 Å². The molecule has 4 aliphatic rings. The number of aromatic nitrogens is 2. The quantitative estimate of drug-likeness (QED) is 0.188. The van der Waals surface area contributed by atoms with E-state index in [9.17, 15) is 44.0 Å². The van der Waals surface area contributed by atoms with E-state index in [4.69, 9.17) is 0 Å². The van der Waals surface area contributed by atoms with Crippen molar-refractivity contribution < 1.29 is 34.4 Å². The van der Waals surface area contributed by atoms with Crippen LogP contribution in [0.2, 0.25) is 0 Å². The fourth-order valence-electron chi connectivity index (χ4n) is 3.65. The van der Waals surface area contributed by atoms with E-state index in [1.807, 2.05) is 0 Å². The van der Waals surface area contributed by atoms with Crippen LogP contribution >= 0.6 is 0 Å². The Balaban J connectivity index is 2.04. The predicted octanol–water partition coefficient (Wildman–Crippen LogP) is -2.14. The van der Waals surface area contributed by atoms with Crippen LogP contribution in [0.15, 0.2) is 40.4 Å². The van der Waals surface area contributed by atoms with Crippen molar-refractivity contribution >= 4 is 35.2 Å². The lowest BCUT2D eigenvalue weighted by Crippen LogP contribution is -2.50. The minimum absolute atomic E-state index is 0.0165. The van der Waals surface area contributed by atoms with Crippen LogP contribution in [-0.4, -0.2) is 85.4 Å². The molecule has 0 fully saturated rings. The molecule has 41 heavy (non-hydrogen) atoms. The lowest BCUT2D eigenvalue weighted by Gasteiger charge is -2.30. The third-order valence-corrected chi connectivity index (χ3v) is 5.99. The van der Waals surface area contributed by atoms with Gasteiger partial charge in [-0.2, -0.15) is 0 Å². The molecule has 6 rings (SSSR count). The Morgan fingerprint density at radius 1 is 0.756 bits per heavy atom. The second-order valence-corrected chi connectivity index (χ2v) is 8.90. The Labute approximate surface area is 231 Å². The molecule has 17 heteroatoms. The summed E-state index contributed by atoms with van der Waals surface area (Å²) >= 11 is 0. The maximum atomic E-state index is 12.7. The van der Waals surface area contributed by atoms with Gasteiger partial charge < -0.3 is 41.5 Å². The smallest absolute Gasteiger partial charge is 0.296 e. The van der Waals surface area contributed by atoms with Gasteiger partial charge in [0.2, 0.25) is 11.8 Å². The fourth-order valence-corrected chi connectivity index (χ4v) is 3.65. The molecule has 0 saturated heterocycles. The number of pyridine rings is 2. The van der Waals surface area contributed by atoms with Gasteiger partial charge in [0.1, 0.15) is 22.5 Å².